The van der Waals surface area contributed by atoms with E-state index in [2.05, 4.69) is 9.97 Å². The lowest BCUT2D eigenvalue weighted by atomic mass is 10.1. The van der Waals surface area contributed by atoms with Gasteiger partial charge in [0.25, 0.3) is 0 Å². The fourth-order valence-corrected chi connectivity index (χ4v) is 1.13. The maximum Gasteiger partial charge on any atom is 0.416 e. The van der Waals surface area contributed by atoms with Crippen molar-refractivity contribution in [1.29, 1.82) is 0 Å². The summed E-state index contributed by atoms with van der Waals surface area (Å²) in [5.41, 5.74) is 10.5. The zero-order valence-corrected chi connectivity index (χ0v) is 9.93. The third-order valence-corrected chi connectivity index (χ3v) is 2.12. The van der Waals surface area contributed by atoms with E-state index in [1.165, 1.54) is 18.5 Å². The van der Waals surface area contributed by atoms with Crippen molar-refractivity contribution in [3.63, 3.8) is 0 Å². The first kappa shape index (κ1) is 14.9. The van der Waals surface area contributed by atoms with Crippen molar-refractivity contribution < 1.29 is 13.2 Å². The number of nitrogen functional groups attached to an aromatic ring is 1. The molecule has 0 spiro atoms. The van der Waals surface area contributed by atoms with Crippen LogP contribution in [0, 0.1) is 0 Å². The molecule has 0 unspecified atom stereocenters. The van der Waals surface area contributed by atoms with Gasteiger partial charge in [0.2, 0.25) is 0 Å². The lowest BCUT2D eigenvalue weighted by molar-refractivity contribution is -0.137. The minimum absolute atomic E-state index is 0.262. The van der Waals surface area contributed by atoms with Gasteiger partial charge in [-0.3, -0.25) is 0 Å². The van der Waals surface area contributed by atoms with E-state index >= 15 is 0 Å². The number of halogens is 3. The summed E-state index contributed by atoms with van der Waals surface area (Å²) in [6, 6.07) is 6.45. The third-order valence-electron chi connectivity index (χ3n) is 2.12. The Morgan fingerprint density at radius 3 is 2.00 bits per heavy atom. The van der Waals surface area contributed by atoms with Crippen molar-refractivity contribution >= 4 is 5.82 Å². The summed E-state index contributed by atoms with van der Waals surface area (Å²) in [4.78, 5) is 7.30. The predicted molar refractivity (Wildman–Crippen MR) is 65.8 cm³/mol. The summed E-state index contributed by atoms with van der Waals surface area (Å²) >= 11 is 0. The van der Waals surface area contributed by atoms with E-state index in [-0.39, 0.29) is 6.54 Å². The van der Waals surface area contributed by atoms with Gasteiger partial charge in [-0.1, -0.05) is 12.1 Å². The lowest BCUT2D eigenvalue weighted by Crippen LogP contribution is -2.05. The summed E-state index contributed by atoms with van der Waals surface area (Å²) in [5.74, 6) is 0.509. The van der Waals surface area contributed by atoms with Crippen molar-refractivity contribution in [2.45, 2.75) is 12.7 Å². The highest BCUT2D eigenvalue weighted by molar-refractivity contribution is 5.24. The molecule has 0 amide bonds. The molecule has 4 nitrogen and oxygen atoms in total. The minimum atomic E-state index is -4.26. The van der Waals surface area contributed by atoms with Crippen molar-refractivity contribution in [2.24, 2.45) is 5.73 Å². The van der Waals surface area contributed by atoms with Gasteiger partial charge in [-0.15, -0.1) is 0 Å². The van der Waals surface area contributed by atoms with Gasteiger partial charge in [0.1, 0.15) is 12.1 Å². The van der Waals surface area contributed by atoms with Crippen molar-refractivity contribution in [3.8, 4) is 0 Å². The molecular weight excluding hydrogens is 257 g/mol. The second-order valence-corrected chi connectivity index (χ2v) is 3.53. The standard InChI is InChI=1S/C8H8F3N.C4H5N3/c9-8(10,11)7-3-1-6(5-12)2-4-7;5-4-1-2-6-3-7-4/h1-4H,5,12H2;1-3H,(H2,5,6,7). The molecule has 0 saturated carbocycles. The average molecular weight is 270 g/mol. The number of nitrogens with zero attached hydrogens (tertiary/aromatic N) is 2. The molecule has 0 aliphatic heterocycles. The second kappa shape index (κ2) is 6.69. The number of benzene rings is 1. The van der Waals surface area contributed by atoms with E-state index in [1.54, 1.807) is 12.3 Å². The molecule has 0 bridgehead atoms. The molecule has 0 saturated heterocycles. The maximum atomic E-state index is 12.0. The van der Waals surface area contributed by atoms with Gasteiger partial charge in [-0.25, -0.2) is 9.97 Å². The Labute approximate surface area is 108 Å². The van der Waals surface area contributed by atoms with Crippen LogP contribution in [0.5, 0.6) is 0 Å². The quantitative estimate of drug-likeness (QED) is 0.833. The molecule has 2 rings (SSSR count). The largest absolute Gasteiger partial charge is 0.416 e. The number of alkyl halides is 3. The Morgan fingerprint density at radius 2 is 1.68 bits per heavy atom. The smallest absolute Gasteiger partial charge is 0.384 e. The number of aromatic nitrogens is 2. The van der Waals surface area contributed by atoms with Gasteiger partial charge < -0.3 is 11.5 Å². The summed E-state index contributed by atoms with van der Waals surface area (Å²) in [6.45, 7) is 0.262. The zero-order chi connectivity index (χ0) is 14.3. The summed E-state index contributed by atoms with van der Waals surface area (Å²) in [5, 5.41) is 0. The molecule has 1 aromatic carbocycles. The molecule has 1 aromatic heterocycles. The van der Waals surface area contributed by atoms with E-state index in [1.807, 2.05) is 0 Å². The maximum absolute atomic E-state index is 12.0. The van der Waals surface area contributed by atoms with Gasteiger partial charge in [-0.2, -0.15) is 13.2 Å². The molecule has 19 heavy (non-hydrogen) atoms. The topological polar surface area (TPSA) is 77.8 Å². The molecular formula is C12H13F3N4. The number of hydrogen-bond acceptors (Lipinski definition) is 4. The van der Waals surface area contributed by atoms with Gasteiger partial charge in [0, 0.05) is 12.7 Å². The number of rotatable bonds is 1. The Hall–Kier alpha value is -2.15. The van der Waals surface area contributed by atoms with Crippen LogP contribution in [0.4, 0.5) is 19.0 Å². The first-order valence-electron chi connectivity index (χ1n) is 5.31. The number of hydrogen-bond donors (Lipinski definition) is 2. The summed E-state index contributed by atoms with van der Waals surface area (Å²) < 4.78 is 36.0. The van der Waals surface area contributed by atoms with Crippen LogP contribution < -0.4 is 11.5 Å². The Morgan fingerprint density at radius 1 is 1.05 bits per heavy atom. The van der Waals surface area contributed by atoms with Crippen LogP contribution >= 0.6 is 0 Å². The number of nitrogens with two attached hydrogens (primary N) is 2. The van der Waals surface area contributed by atoms with E-state index < -0.39 is 11.7 Å². The second-order valence-electron chi connectivity index (χ2n) is 3.53. The Bertz CT molecular complexity index is 483. The van der Waals surface area contributed by atoms with Crippen LogP contribution in [0.1, 0.15) is 11.1 Å². The van der Waals surface area contributed by atoms with E-state index in [4.69, 9.17) is 11.5 Å². The van der Waals surface area contributed by atoms with E-state index in [0.717, 1.165) is 12.1 Å². The molecule has 1 heterocycles. The van der Waals surface area contributed by atoms with Crippen LogP contribution in [0.25, 0.3) is 0 Å². The first-order valence-corrected chi connectivity index (χ1v) is 5.31. The SMILES string of the molecule is NCc1ccc(C(F)(F)F)cc1.Nc1ccncn1. The van der Waals surface area contributed by atoms with Crippen LogP contribution in [-0.2, 0) is 12.7 Å². The normalized spacial score (nSPS) is 10.5. The zero-order valence-electron chi connectivity index (χ0n) is 9.93. The molecule has 102 valence electrons. The van der Waals surface area contributed by atoms with E-state index in [9.17, 15) is 13.2 Å². The third kappa shape index (κ3) is 5.35. The van der Waals surface area contributed by atoms with Gasteiger partial charge in [0.05, 0.1) is 5.56 Å². The van der Waals surface area contributed by atoms with Crippen LogP contribution in [0.2, 0.25) is 0 Å². The molecule has 4 N–H and O–H groups in total. The molecule has 0 atom stereocenters. The number of anilines is 1. The first-order chi connectivity index (χ1) is 8.93. The van der Waals surface area contributed by atoms with Crippen molar-refractivity contribution in [2.75, 3.05) is 5.73 Å². The van der Waals surface area contributed by atoms with Crippen LogP contribution in [0.3, 0.4) is 0 Å². The highest BCUT2D eigenvalue weighted by atomic mass is 19.4. The summed E-state index contributed by atoms with van der Waals surface area (Å²) in [7, 11) is 0. The summed E-state index contributed by atoms with van der Waals surface area (Å²) in [6.07, 6.45) is -1.25. The monoisotopic (exact) mass is 270 g/mol. The molecule has 0 aliphatic rings. The average Bonchev–Trinajstić information content (AvgIpc) is 2.39. The van der Waals surface area contributed by atoms with Gasteiger partial charge >= 0.3 is 6.18 Å². The van der Waals surface area contributed by atoms with Crippen molar-refractivity contribution in [3.05, 3.63) is 54.0 Å². The van der Waals surface area contributed by atoms with Crippen molar-refractivity contribution in [1.82, 2.24) is 9.97 Å². The predicted octanol–water partition coefficient (Wildman–Crippen LogP) is 2.22. The van der Waals surface area contributed by atoms with E-state index in [0.29, 0.717) is 11.4 Å². The van der Waals surface area contributed by atoms with Gasteiger partial charge in [-0.05, 0) is 23.8 Å². The highest BCUT2D eigenvalue weighted by Gasteiger charge is 2.29. The molecule has 0 aliphatic carbocycles. The van der Waals surface area contributed by atoms with Crippen LogP contribution in [-0.4, -0.2) is 9.97 Å². The molecule has 7 heteroatoms. The highest BCUT2D eigenvalue weighted by Crippen LogP contribution is 2.28. The minimum Gasteiger partial charge on any atom is -0.384 e. The Kier molecular flexibility index (Phi) is 5.25. The molecule has 0 fully saturated rings. The lowest BCUT2D eigenvalue weighted by Gasteiger charge is -2.06. The van der Waals surface area contributed by atoms with Gasteiger partial charge in [0.15, 0.2) is 0 Å². The fraction of sp³-hybridized carbons (Fsp3) is 0.167. The van der Waals surface area contributed by atoms with Crippen LogP contribution in [0.15, 0.2) is 42.9 Å². The fourth-order valence-electron chi connectivity index (χ4n) is 1.13. The molecule has 0 radical (unpaired) electrons. The Balaban J connectivity index is 0.000000218. The molecule has 2 aromatic rings.